The first kappa shape index (κ1) is 14.7. The van der Waals surface area contributed by atoms with E-state index in [-0.39, 0.29) is 18.4 Å². The summed E-state index contributed by atoms with van der Waals surface area (Å²) in [6, 6.07) is 1.73. The van der Waals surface area contributed by atoms with Crippen LogP contribution in [-0.2, 0) is 0 Å². The summed E-state index contributed by atoms with van der Waals surface area (Å²) in [6.45, 7) is 2.41. The first-order valence-corrected chi connectivity index (χ1v) is 7.82. The van der Waals surface area contributed by atoms with Crippen molar-refractivity contribution in [2.24, 2.45) is 0 Å². The van der Waals surface area contributed by atoms with Gasteiger partial charge in [-0.15, -0.1) is 22.7 Å². The zero-order valence-electron chi connectivity index (χ0n) is 10.9. The topological polar surface area (TPSA) is 62.2 Å². The lowest BCUT2D eigenvalue weighted by Gasteiger charge is -2.09. The quantitative estimate of drug-likeness (QED) is 0.850. The van der Waals surface area contributed by atoms with Gasteiger partial charge in [-0.25, -0.2) is 4.98 Å². The van der Waals surface area contributed by atoms with E-state index >= 15 is 0 Å². The van der Waals surface area contributed by atoms with Crippen molar-refractivity contribution >= 4 is 28.6 Å². The van der Waals surface area contributed by atoms with Gasteiger partial charge in [0.25, 0.3) is 5.91 Å². The van der Waals surface area contributed by atoms with Gasteiger partial charge in [-0.05, 0) is 6.07 Å². The monoisotopic (exact) mass is 306 g/mol. The maximum Gasteiger partial charge on any atom is 0.252 e. The number of thiophene rings is 1. The lowest BCUT2D eigenvalue weighted by molar-refractivity contribution is 0.0952. The molecule has 0 fully saturated rings. The van der Waals surface area contributed by atoms with Crippen LogP contribution >= 0.6 is 22.7 Å². The molecule has 0 spiro atoms. The fourth-order valence-electron chi connectivity index (χ4n) is 1.56. The molecule has 0 aliphatic rings. The van der Waals surface area contributed by atoms with Crippen molar-refractivity contribution in [3.63, 3.8) is 0 Å². The lowest BCUT2D eigenvalue weighted by Crippen LogP contribution is -2.27. The van der Waals surface area contributed by atoms with Crippen molar-refractivity contribution in [2.45, 2.75) is 12.8 Å². The smallest absolute Gasteiger partial charge is 0.252 e. The molecule has 104 valence electrons. The van der Waals surface area contributed by atoms with E-state index in [1.165, 1.54) is 11.3 Å². The molecular weight excluding hydrogens is 292 g/mol. The number of thiazole rings is 1. The van der Waals surface area contributed by atoms with Gasteiger partial charge in [0.1, 0.15) is 6.61 Å². The number of aromatic nitrogens is 1. The second-order valence-electron chi connectivity index (χ2n) is 4.14. The van der Waals surface area contributed by atoms with E-state index in [1.807, 2.05) is 12.3 Å². The van der Waals surface area contributed by atoms with E-state index in [4.69, 9.17) is 5.11 Å². The predicted octanol–water partition coefficient (Wildman–Crippen LogP) is 2.08. The molecule has 1 atom stereocenters. The molecule has 0 aliphatic carbocycles. The molecule has 2 rings (SSSR count). The van der Waals surface area contributed by atoms with Crippen LogP contribution in [0.4, 0.5) is 0 Å². The highest BCUT2D eigenvalue weighted by molar-refractivity contribution is 7.10. The summed E-state index contributed by atoms with van der Waals surface area (Å²) < 4.78 is 0. The third-order valence-corrected chi connectivity index (χ3v) is 4.45. The maximum absolute atomic E-state index is 12.0. The van der Waals surface area contributed by atoms with Gasteiger partial charge < -0.3 is 10.4 Å². The van der Waals surface area contributed by atoms with Crippen LogP contribution in [0, 0.1) is 11.8 Å². The number of aliphatic hydroxyl groups excluding tert-OH is 1. The van der Waals surface area contributed by atoms with Crippen molar-refractivity contribution in [3.05, 3.63) is 38.5 Å². The third-order valence-electron chi connectivity index (χ3n) is 2.59. The van der Waals surface area contributed by atoms with Gasteiger partial charge in [-0.3, -0.25) is 4.79 Å². The largest absolute Gasteiger partial charge is 0.384 e. The molecule has 4 nitrogen and oxygen atoms in total. The SMILES string of the molecule is CC(CNC(=O)c1csc(C#CCO)c1)c1nccs1. The highest BCUT2D eigenvalue weighted by atomic mass is 32.1. The molecule has 6 heteroatoms. The van der Waals surface area contributed by atoms with Crippen LogP contribution in [0.25, 0.3) is 0 Å². The Hall–Kier alpha value is -1.68. The molecular formula is C14H14N2O2S2. The molecule has 0 radical (unpaired) electrons. The summed E-state index contributed by atoms with van der Waals surface area (Å²) in [4.78, 5) is 17.0. The van der Waals surface area contributed by atoms with Gasteiger partial charge in [-0.1, -0.05) is 18.8 Å². The molecule has 0 aromatic carbocycles. The predicted molar refractivity (Wildman–Crippen MR) is 81.1 cm³/mol. The van der Waals surface area contributed by atoms with E-state index < -0.39 is 0 Å². The number of carbonyl (C=O) groups excluding carboxylic acids is 1. The first-order chi connectivity index (χ1) is 9.70. The van der Waals surface area contributed by atoms with E-state index in [9.17, 15) is 4.79 Å². The standard InChI is InChI=1S/C14H14N2O2S2/c1-10(14-15-4-6-19-14)8-16-13(18)11-7-12(20-9-11)3-2-5-17/h4,6-7,9-10,17H,5,8H2,1H3,(H,16,18). The van der Waals surface area contributed by atoms with Crippen molar-refractivity contribution in [1.29, 1.82) is 0 Å². The Morgan fingerprint density at radius 3 is 3.10 bits per heavy atom. The van der Waals surface area contributed by atoms with Gasteiger partial charge in [-0.2, -0.15) is 0 Å². The summed E-state index contributed by atoms with van der Waals surface area (Å²) in [5, 5.41) is 16.2. The lowest BCUT2D eigenvalue weighted by atomic mass is 10.2. The van der Waals surface area contributed by atoms with Crippen LogP contribution in [-0.4, -0.2) is 29.1 Å². The van der Waals surface area contributed by atoms with Crippen molar-refractivity contribution < 1.29 is 9.90 Å². The molecule has 1 amide bonds. The Morgan fingerprint density at radius 2 is 2.40 bits per heavy atom. The van der Waals surface area contributed by atoms with Crippen molar-refractivity contribution in [1.82, 2.24) is 10.3 Å². The molecule has 0 bridgehead atoms. The minimum Gasteiger partial charge on any atom is -0.384 e. The molecule has 2 N–H and O–H groups in total. The number of aliphatic hydroxyl groups is 1. The third kappa shape index (κ3) is 3.90. The Kier molecular flexibility index (Phi) is 5.30. The second kappa shape index (κ2) is 7.20. The highest BCUT2D eigenvalue weighted by Crippen LogP contribution is 2.17. The highest BCUT2D eigenvalue weighted by Gasteiger charge is 2.12. The van der Waals surface area contributed by atoms with Crippen LogP contribution in [0.2, 0.25) is 0 Å². The number of nitrogens with zero attached hydrogens (tertiary/aromatic N) is 1. The van der Waals surface area contributed by atoms with Crippen LogP contribution in [0.5, 0.6) is 0 Å². The Labute approximate surface area is 125 Å². The van der Waals surface area contributed by atoms with E-state index in [0.717, 1.165) is 9.88 Å². The van der Waals surface area contributed by atoms with Gasteiger partial charge in [0.05, 0.1) is 15.4 Å². The number of hydrogen-bond donors (Lipinski definition) is 2. The van der Waals surface area contributed by atoms with Gasteiger partial charge >= 0.3 is 0 Å². The number of hydrogen-bond acceptors (Lipinski definition) is 5. The fourth-order valence-corrected chi connectivity index (χ4v) is 3.01. The molecule has 2 aromatic rings. The maximum atomic E-state index is 12.0. The minimum atomic E-state index is -0.176. The summed E-state index contributed by atoms with van der Waals surface area (Å²) >= 11 is 2.98. The van der Waals surface area contributed by atoms with Crippen LogP contribution in [0.3, 0.4) is 0 Å². The molecule has 0 saturated carbocycles. The van der Waals surface area contributed by atoms with Crippen molar-refractivity contribution in [3.8, 4) is 11.8 Å². The van der Waals surface area contributed by atoms with Gasteiger partial charge in [0, 0.05) is 29.4 Å². The van der Waals surface area contributed by atoms with Gasteiger partial charge in [0.15, 0.2) is 0 Å². The number of amides is 1. The van der Waals surface area contributed by atoms with Crippen LogP contribution < -0.4 is 5.32 Å². The zero-order valence-corrected chi connectivity index (χ0v) is 12.6. The van der Waals surface area contributed by atoms with Crippen LogP contribution in [0.15, 0.2) is 23.0 Å². The Morgan fingerprint density at radius 1 is 1.55 bits per heavy atom. The number of nitrogens with one attached hydrogen (secondary N) is 1. The second-order valence-corrected chi connectivity index (χ2v) is 5.98. The van der Waals surface area contributed by atoms with E-state index in [2.05, 4.69) is 22.1 Å². The molecule has 2 aromatic heterocycles. The normalized spacial score (nSPS) is 11.5. The summed E-state index contributed by atoms with van der Waals surface area (Å²) in [5.41, 5.74) is 0.601. The molecule has 1 unspecified atom stereocenters. The van der Waals surface area contributed by atoms with E-state index in [1.54, 1.807) is 29.0 Å². The summed E-state index contributed by atoms with van der Waals surface area (Å²) in [6.07, 6.45) is 1.77. The van der Waals surface area contributed by atoms with Gasteiger partial charge in [0.2, 0.25) is 0 Å². The average molecular weight is 306 g/mol. The summed E-state index contributed by atoms with van der Waals surface area (Å²) in [5.74, 6) is 5.44. The Balaban J connectivity index is 1.90. The molecule has 20 heavy (non-hydrogen) atoms. The fraction of sp³-hybridized carbons (Fsp3) is 0.286. The molecule has 0 aliphatic heterocycles. The van der Waals surface area contributed by atoms with Crippen molar-refractivity contribution in [2.75, 3.05) is 13.2 Å². The zero-order chi connectivity index (χ0) is 14.4. The minimum absolute atomic E-state index is 0.110. The van der Waals surface area contributed by atoms with E-state index in [0.29, 0.717) is 12.1 Å². The molecule has 2 heterocycles. The summed E-state index contributed by atoms with van der Waals surface area (Å²) in [7, 11) is 0. The molecule has 0 saturated heterocycles. The average Bonchev–Trinajstić information content (AvgIpc) is 3.12. The number of rotatable bonds is 4. The Bertz CT molecular complexity index is 623. The first-order valence-electron chi connectivity index (χ1n) is 6.06. The number of carbonyl (C=O) groups is 1. The van der Waals surface area contributed by atoms with Crippen LogP contribution in [0.1, 0.15) is 33.1 Å².